The largest absolute Gasteiger partial charge is 0.493 e. The van der Waals surface area contributed by atoms with Gasteiger partial charge in [0.05, 0.1) is 13.0 Å². The number of hydrogen-bond acceptors (Lipinski definition) is 5. The molecule has 2 spiro atoms. The Bertz CT molecular complexity index is 1330. The van der Waals surface area contributed by atoms with E-state index < -0.39 is 5.60 Å². The number of rotatable bonds is 7. The molecule has 2 aromatic rings. The van der Waals surface area contributed by atoms with Crippen molar-refractivity contribution in [2.24, 2.45) is 17.3 Å². The molecule has 2 aromatic carbocycles. The lowest BCUT2D eigenvalue weighted by molar-refractivity contribution is -0.274. The quantitative estimate of drug-likeness (QED) is 0.527. The van der Waals surface area contributed by atoms with Gasteiger partial charge in [-0.25, -0.2) is 0 Å². The fourth-order valence-corrected chi connectivity index (χ4v) is 10.0. The Balaban J connectivity index is 1.26. The van der Waals surface area contributed by atoms with Gasteiger partial charge in [0.2, 0.25) is 5.91 Å². The number of carbonyl (C=O) groups is 1. The second-order valence-electron chi connectivity index (χ2n) is 13.3. The molecule has 7 aliphatic rings. The van der Waals surface area contributed by atoms with Crippen LogP contribution in [0.4, 0.5) is 0 Å². The minimum absolute atomic E-state index is 0.00359. The van der Waals surface area contributed by atoms with Gasteiger partial charge in [-0.1, -0.05) is 36.4 Å². The maximum atomic E-state index is 14.5. The zero-order valence-electron chi connectivity index (χ0n) is 23.4. The van der Waals surface area contributed by atoms with Gasteiger partial charge in [-0.05, 0) is 74.6 Å². The highest BCUT2D eigenvalue weighted by Crippen LogP contribution is 2.76. The Kier molecular flexibility index (Phi) is 5.12. The number of fused-ring (bicyclic) bond motifs is 2. The van der Waals surface area contributed by atoms with E-state index in [1.807, 2.05) is 37.3 Å². The molecule has 6 atom stereocenters. The second-order valence-corrected chi connectivity index (χ2v) is 13.3. The summed E-state index contributed by atoms with van der Waals surface area (Å²) < 4.78 is 19.6. The molecule has 39 heavy (non-hydrogen) atoms. The summed E-state index contributed by atoms with van der Waals surface area (Å²) in [4.78, 5) is 19.2. The topological polar surface area (TPSA) is 51.2 Å². The molecule has 6 heteroatoms. The lowest BCUT2D eigenvalue weighted by Gasteiger charge is -2.73. The van der Waals surface area contributed by atoms with Crippen LogP contribution in [0.25, 0.3) is 0 Å². The van der Waals surface area contributed by atoms with Crippen LogP contribution in [0.15, 0.2) is 42.5 Å². The minimum atomic E-state index is -0.647. The van der Waals surface area contributed by atoms with Crippen LogP contribution in [-0.4, -0.2) is 67.8 Å². The maximum absolute atomic E-state index is 14.5. The summed E-state index contributed by atoms with van der Waals surface area (Å²) in [6, 6.07) is 15.1. The average Bonchev–Trinajstić information content (AvgIpc) is 3.71. The average molecular weight is 529 g/mol. The molecule has 206 valence electrons. The van der Waals surface area contributed by atoms with E-state index in [1.165, 1.54) is 30.5 Å². The van der Waals surface area contributed by atoms with E-state index in [4.69, 9.17) is 14.2 Å². The van der Waals surface area contributed by atoms with Gasteiger partial charge < -0.3 is 19.1 Å². The first-order valence-electron chi connectivity index (χ1n) is 14.9. The maximum Gasteiger partial charge on any atom is 0.228 e. The third kappa shape index (κ3) is 2.97. The summed E-state index contributed by atoms with van der Waals surface area (Å²) in [7, 11) is 5.52. The highest BCUT2D eigenvalue weighted by Gasteiger charge is 2.81. The summed E-state index contributed by atoms with van der Waals surface area (Å²) in [5.74, 6) is 2.56. The van der Waals surface area contributed by atoms with Gasteiger partial charge in [0.1, 0.15) is 11.7 Å². The van der Waals surface area contributed by atoms with Crippen molar-refractivity contribution in [2.45, 2.75) is 74.7 Å². The summed E-state index contributed by atoms with van der Waals surface area (Å²) in [6.07, 6.45) is 7.50. The SMILES string of the molecule is COc1ccc2c3c1O[C@H]1[C@@]4(OC)CC[C@@]5(C[C@@H]4C(=O)N(C)Cc4ccccc4)[C@@H](C2)N(CC2CC2)CC[C@]315. The molecule has 4 saturated carbocycles. The fraction of sp³-hybridized carbons (Fsp3) is 0.606. The van der Waals surface area contributed by atoms with Crippen LogP contribution in [0.1, 0.15) is 55.2 Å². The Morgan fingerprint density at radius 3 is 2.67 bits per heavy atom. The van der Waals surface area contributed by atoms with Crippen molar-refractivity contribution in [2.75, 3.05) is 34.4 Å². The van der Waals surface area contributed by atoms with Crippen molar-refractivity contribution in [1.82, 2.24) is 9.80 Å². The number of methoxy groups -OCH3 is 2. The van der Waals surface area contributed by atoms with Crippen LogP contribution in [-0.2, 0) is 27.9 Å². The summed E-state index contributed by atoms with van der Waals surface area (Å²) in [5, 5.41) is 0. The van der Waals surface area contributed by atoms with Crippen molar-refractivity contribution < 1.29 is 19.0 Å². The number of nitrogens with zero attached hydrogens (tertiary/aromatic N) is 2. The smallest absolute Gasteiger partial charge is 0.228 e. The molecule has 0 unspecified atom stereocenters. The van der Waals surface area contributed by atoms with E-state index >= 15 is 0 Å². The third-order valence-electron chi connectivity index (χ3n) is 11.8. The van der Waals surface area contributed by atoms with E-state index in [1.54, 1.807) is 7.11 Å². The number of hydrogen-bond donors (Lipinski definition) is 0. The van der Waals surface area contributed by atoms with Gasteiger partial charge >= 0.3 is 0 Å². The zero-order valence-corrected chi connectivity index (χ0v) is 23.4. The molecule has 2 aliphatic heterocycles. The third-order valence-corrected chi connectivity index (χ3v) is 11.8. The van der Waals surface area contributed by atoms with Crippen LogP contribution < -0.4 is 9.47 Å². The summed E-state index contributed by atoms with van der Waals surface area (Å²) in [6.45, 7) is 2.91. The van der Waals surface area contributed by atoms with Crippen LogP contribution in [0.2, 0.25) is 0 Å². The second kappa shape index (κ2) is 8.23. The van der Waals surface area contributed by atoms with Gasteiger partial charge in [-0.2, -0.15) is 0 Å². The Morgan fingerprint density at radius 2 is 1.92 bits per heavy atom. The van der Waals surface area contributed by atoms with Crippen molar-refractivity contribution in [1.29, 1.82) is 0 Å². The van der Waals surface area contributed by atoms with Gasteiger partial charge in [0.25, 0.3) is 0 Å². The highest BCUT2D eigenvalue weighted by atomic mass is 16.6. The molecule has 4 bridgehead atoms. The predicted molar refractivity (Wildman–Crippen MR) is 148 cm³/mol. The van der Waals surface area contributed by atoms with Gasteiger partial charge in [0, 0.05) is 49.7 Å². The monoisotopic (exact) mass is 528 g/mol. The number of benzene rings is 2. The van der Waals surface area contributed by atoms with Crippen molar-refractivity contribution in [3.8, 4) is 11.5 Å². The van der Waals surface area contributed by atoms with Crippen LogP contribution in [0.5, 0.6) is 11.5 Å². The van der Waals surface area contributed by atoms with E-state index in [0.717, 1.165) is 61.6 Å². The van der Waals surface area contributed by atoms with Gasteiger partial charge in [0.15, 0.2) is 11.5 Å². The van der Waals surface area contributed by atoms with Gasteiger partial charge in [-0.3, -0.25) is 9.69 Å². The zero-order chi connectivity index (χ0) is 26.6. The van der Waals surface area contributed by atoms with E-state index in [2.05, 4.69) is 29.2 Å². The standard InChI is InChI=1S/C33H40N2O4/c1-34(19-21-7-5-4-6-8-21)29(36)24-18-31-13-14-33(24,38-3)30-32(31)15-16-35(20-22-9-10-22)26(31)17-23-11-12-25(37-2)28(39-30)27(23)32/h4-8,11-12,22,24,26,30H,9-10,13-20H2,1-3H3/t24-,26-,30-,31-,32+,33-/m1/s1. The normalized spacial score (nSPS) is 37.3. The predicted octanol–water partition coefficient (Wildman–Crippen LogP) is 4.58. The Hall–Kier alpha value is -2.57. The molecule has 0 N–H and O–H groups in total. The van der Waals surface area contributed by atoms with Crippen molar-refractivity contribution >= 4 is 5.91 Å². The molecule has 9 rings (SSSR count). The molecular weight excluding hydrogens is 488 g/mol. The number of ether oxygens (including phenoxy) is 3. The van der Waals surface area contributed by atoms with Crippen molar-refractivity contribution in [3.05, 3.63) is 59.2 Å². The van der Waals surface area contributed by atoms with Gasteiger partial charge in [-0.15, -0.1) is 0 Å². The highest BCUT2D eigenvalue weighted by molar-refractivity contribution is 5.82. The number of piperidine rings is 1. The first kappa shape index (κ1) is 24.2. The fourth-order valence-electron chi connectivity index (χ4n) is 10.0. The molecule has 5 aliphatic carbocycles. The molecule has 1 saturated heterocycles. The molecule has 2 heterocycles. The molecule has 0 radical (unpaired) electrons. The molecule has 5 fully saturated rings. The summed E-state index contributed by atoms with van der Waals surface area (Å²) >= 11 is 0. The van der Waals surface area contributed by atoms with E-state index in [0.29, 0.717) is 12.6 Å². The Morgan fingerprint density at radius 1 is 1.10 bits per heavy atom. The molecule has 6 nitrogen and oxygen atoms in total. The lowest BCUT2D eigenvalue weighted by Crippen LogP contribution is -2.82. The number of carbonyl (C=O) groups excluding carboxylic acids is 1. The van der Waals surface area contributed by atoms with Crippen molar-refractivity contribution in [3.63, 3.8) is 0 Å². The number of likely N-dealkylation sites (tertiary alicyclic amines) is 1. The first-order valence-corrected chi connectivity index (χ1v) is 14.9. The minimum Gasteiger partial charge on any atom is -0.493 e. The van der Waals surface area contributed by atoms with Crippen LogP contribution in [0, 0.1) is 17.3 Å². The molecule has 1 amide bonds. The summed E-state index contributed by atoms with van der Waals surface area (Å²) in [5.41, 5.74) is 3.19. The van der Waals surface area contributed by atoms with Crippen LogP contribution in [0.3, 0.4) is 0 Å². The van der Waals surface area contributed by atoms with Crippen LogP contribution >= 0.6 is 0 Å². The molecule has 0 aromatic heterocycles. The van der Waals surface area contributed by atoms with E-state index in [9.17, 15) is 4.79 Å². The van der Waals surface area contributed by atoms with E-state index in [-0.39, 0.29) is 28.8 Å². The molecular formula is C33H40N2O4. The number of amides is 1. The first-order chi connectivity index (χ1) is 19.0. The lowest BCUT2D eigenvalue weighted by atomic mass is 9.34. The Labute approximate surface area is 231 Å².